The summed E-state index contributed by atoms with van der Waals surface area (Å²) in [6, 6.07) is 0.739. The molecule has 0 aromatic heterocycles. The average molecular weight is 192 g/mol. The minimum absolute atomic E-state index is 0.0633. The molecule has 0 aromatic rings. The zero-order valence-electron chi connectivity index (χ0n) is 8.49. The first kappa shape index (κ1) is 9.54. The van der Waals surface area contributed by atoms with E-state index in [0.717, 1.165) is 19.4 Å². The molecule has 0 saturated carbocycles. The summed E-state index contributed by atoms with van der Waals surface area (Å²) in [6.07, 6.45) is 8.20. The molecule has 76 valence electrons. The standard InChI is InChI=1S/C11H16N2O/c1-3-8(2)12-9-7-11(14)13-6-4-5-10(9)13/h1,8-10,12H,4-7H2,2H3. The fourth-order valence-electron chi connectivity index (χ4n) is 2.50. The van der Waals surface area contributed by atoms with Crippen molar-refractivity contribution in [3.8, 4) is 12.3 Å². The molecule has 0 bridgehead atoms. The highest BCUT2D eigenvalue weighted by molar-refractivity contribution is 5.80. The van der Waals surface area contributed by atoms with Crippen molar-refractivity contribution in [1.29, 1.82) is 0 Å². The summed E-state index contributed by atoms with van der Waals surface area (Å²) in [5.41, 5.74) is 0. The number of carbonyl (C=O) groups is 1. The van der Waals surface area contributed by atoms with Gasteiger partial charge in [-0.25, -0.2) is 0 Å². The summed E-state index contributed by atoms with van der Waals surface area (Å²) < 4.78 is 0. The number of amides is 1. The Kier molecular flexibility index (Phi) is 2.47. The molecule has 3 nitrogen and oxygen atoms in total. The Hall–Kier alpha value is -1.01. The number of hydrogen-bond acceptors (Lipinski definition) is 2. The Bertz CT molecular complexity index is 282. The lowest BCUT2D eigenvalue weighted by Crippen LogP contribution is -2.43. The van der Waals surface area contributed by atoms with Gasteiger partial charge in [-0.2, -0.15) is 0 Å². The van der Waals surface area contributed by atoms with Crippen molar-refractivity contribution in [2.24, 2.45) is 0 Å². The summed E-state index contributed by atoms with van der Waals surface area (Å²) in [5, 5.41) is 3.33. The van der Waals surface area contributed by atoms with Crippen LogP contribution in [0.4, 0.5) is 0 Å². The van der Waals surface area contributed by atoms with Crippen LogP contribution < -0.4 is 5.32 Å². The van der Waals surface area contributed by atoms with Gasteiger partial charge in [-0.1, -0.05) is 5.92 Å². The van der Waals surface area contributed by atoms with E-state index >= 15 is 0 Å². The lowest BCUT2D eigenvalue weighted by molar-refractivity contribution is -0.127. The molecule has 3 unspecified atom stereocenters. The topological polar surface area (TPSA) is 32.3 Å². The van der Waals surface area contributed by atoms with E-state index < -0.39 is 0 Å². The minimum atomic E-state index is 0.0633. The van der Waals surface area contributed by atoms with E-state index in [1.54, 1.807) is 0 Å². The summed E-state index contributed by atoms with van der Waals surface area (Å²) in [4.78, 5) is 13.6. The lowest BCUT2D eigenvalue weighted by Gasteiger charge is -2.22. The Balaban J connectivity index is 2.01. The highest BCUT2D eigenvalue weighted by Gasteiger charge is 2.42. The molecule has 3 atom stereocenters. The molecule has 0 aromatic carbocycles. The maximum absolute atomic E-state index is 11.6. The van der Waals surface area contributed by atoms with Crippen LogP contribution in [0.3, 0.4) is 0 Å². The van der Waals surface area contributed by atoms with Crippen molar-refractivity contribution in [1.82, 2.24) is 10.2 Å². The van der Waals surface area contributed by atoms with Crippen LogP contribution in [-0.4, -0.2) is 35.5 Å². The molecule has 3 heteroatoms. The predicted molar refractivity (Wildman–Crippen MR) is 54.6 cm³/mol. The van der Waals surface area contributed by atoms with Gasteiger partial charge in [0, 0.05) is 25.0 Å². The Morgan fingerprint density at radius 3 is 3.21 bits per heavy atom. The first-order valence-electron chi connectivity index (χ1n) is 5.24. The molecule has 0 radical (unpaired) electrons. The molecule has 1 amide bonds. The van der Waals surface area contributed by atoms with Gasteiger partial charge in [0.1, 0.15) is 0 Å². The van der Waals surface area contributed by atoms with Gasteiger partial charge in [0.25, 0.3) is 0 Å². The second-order valence-corrected chi connectivity index (χ2v) is 4.16. The van der Waals surface area contributed by atoms with E-state index in [1.165, 1.54) is 0 Å². The molecule has 0 spiro atoms. The van der Waals surface area contributed by atoms with Gasteiger partial charge in [-0.15, -0.1) is 6.42 Å². The van der Waals surface area contributed by atoms with Crippen LogP contribution in [0, 0.1) is 12.3 Å². The minimum Gasteiger partial charge on any atom is -0.338 e. The number of rotatable bonds is 2. The van der Waals surface area contributed by atoms with Crippen molar-refractivity contribution in [3.63, 3.8) is 0 Å². The number of terminal acetylenes is 1. The van der Waals surface area contributed by atoms with E-state index in [1.807, 2.05) is 11.8 Å². The monoisotopic (exact) mass is 192 g/mol. The van der Waals surface area contributed by atoms with Crippen LogP contribution in [0.25, 0.3) is 0 Å². The van der Waals surface area contributed by atoms with Crippen molar-refractivity contribution in [2.45, 2.75) is 44.3 Å². The van der Waals surface area contributed by atoms with Crippen molar-refractivity contribution in [2.75, 3.05) is 6.54 Å². The van der Waals surface area contributed by atoms with Crippen LogP contribution in [0.1, 0.15) is 26.2 Å². The van der Waals surface area contributed by atoms with Crippen molar-refractivity contribution in [3.05, 3.63) is 0 Å². The maximum Gasteiger partial charge on any atom is 0.224 e. The zero-order chi connectivity index (χ0) is 10.1. The summed E-state index contributed by atoms with van der Waals surface area (Å²) >= 11 is 0. The fraction of sp³-hybridized carbons (Fsp3) is 0.727. The molecule has 2 saturated heterocycles. The highest BCUT2D eigenvalue weighted by Crippen LogP contribution is 2.29. The Labute approximate surface area is 84.8 Å². The highest BCUT2D eigenvalue weighted by atomic mass is 16.2. The molecule has 1 N–H and O–H groups in total. The van der Waals surface area contributed by atoms with Gasteiger partial charge in [-0.3, -0.25) is 10.1 Å². The van der Waals surface area contributed by atoms with Gasteiger partial charge in [0.2, 0.25) is 5.91 Å². The number of hydrogen-bond donors (Lipinski definition) is 1. The second kappa shape index (κ2) is 3.62. The van der Waals surface area contributed by atoms with Gasteiger partial charge < -0.3 is 4.90 Å². The fourth-order valence-corrected chi connectivity index (χ4v) is 2.50. The summed E-state index contributed by atoms with van der Waals surface area (Å²) in [6.45, 7) is 2.90. The van der Waals surface area contributed by atoms with Gasteiger partial charge in [-0.05, 0) is 19.8 Å². The normalized spacial score (nSPS) is 32.9. The van der Waals surface area contributed by atoms with Crippen LogP contribution in [0.5, 0.6) is 0 Å². The number of nitrogens with zero attached hydrogens (tertiary/aromatic N) is 1. The molecule has 2 rings (SSSR count). The molecule has 2 aliphatic rings. The largest absolute Gasteiger partial charge is 0.338 e. The molecule has 2 fully saturated rings. The van der Waals surface area contributed by atoms with E-state index in [2.05, 4.69) is 11.2 Å². The maximum atomic E-state index is 11.6. The van der Waals surface area contributed by atoms with Crippen LogP contribution >= 0.6 is 0 Å². The zero-order valence-corrected chi connectivity index (χ0v) is 8.49. The Morgan fingerprint density at radius 2 is 2.50 bits per heavy atom. The van der Waals surface area contributed by atoms with Crippen LogP contribution in [0.15, 0.2) is 0 Å². The predicted octanol–water partition coefficient (Wildman–Crippen LogP) is 0.361. The van der Waals surface area contributed by atoms with Gasteiger partial charge in [0.05, 0.1) is 6.04 Å². The molecule has 0 aliphatic carbocycles. The van der Waals surface area contributed by atoms with E-state index in [9.17, 15) is 4.79 Å². The number of fused-ring (bicyclic) bond motifs is 1. The third-order valence-electron chi connectivity index (χ3n) is 3.19. The van der Waals surface area contributed by atoms with Crippen molar-refractivity contribution < 1.29 is 4.79 Å². The van der Waals surface area contributed by atoms with E-state index in [-0.39, 0.29) is 18.0 Å². The van der Waals surface area contributed by atoms with E-state index in [4.69, 9.17) is 6.42 Å². The third-order valence-corrected chi connectivity index (χ3v) is 3.19. The van der Waals surface area contributed by atoms with E-state index in [0.29, 0.717) is 12.5 Å². The quantitative estimate of drug-likeness (QED) is 0.641. The number of nitrogens with one attached hydrogen (secondary N) is 1. The van der Waals surface area contributed by atoms with Gasteiger partial charge >= 0.3 is 0 Å². The smallest absolute Gasteiger partial charge is 0.224 e. The number of carbonyl (C=O) groups excluding carboxylic acids is 1. The molecular formula is C11H16N2O. The lowest BCUT2D eigenvalue weighted by atomic mass is 10.1. The Morgan fingerprint density at radius 1 is 1.71 bits per heavy atom. The second-order valence-electron chi connectivity index (χ2n) is 4.16. The van der Waals surface area contributed by atoms with Crippen LogP contribution in [-0.2, 0) is 4.79 Å². The third kappa shape index (κ3) is 1.51. The molecule has 2 heterocycles. The molecule has 14 heavy (non-hydrogen) atoms. The van der Waals surface area contributed by atoms with Gasteiger partial charge in [0.15, 0.2) is 0 Å². The first-order valence-corrected chi connectivity index (χ1v) is 5.24. The molecular weight excluding hydrogens is 176 g/mol. The SMILES string of the molecule is C#CC(C)NC1CC(=O)N2CCCC12. The molecule has 2 aliphatic heterocycles. The summed E-state index contributed by atoms with van der Waals surface area (Å²) in [7, 11) is 0. The average Bonchev–Trinajstić information content (AvgIpc) is 2.72. The van der Waals surface area contributed by atoms with Crippen LogP contribution in [0.2, 0.25) is 0 Å². The summed E-state index contributed by atoms with van der Waals surface area (Å²) in [5.74, 6) is 2.93. The first-order chi connectivity index (χ1) is 6.72. The van der Waals surface area contributed by atoms with Crippen molar-refractivity contribution >= 4 is 5.91 Å².